The second-order valence-corrected chi connectivity index (χ2v) is 8.17. The van der Waals surface area contributed by atoms with Crippen LogP contribution in [0.3, 0.4) is 0 Å². The summed E-state index contributed by atoms with van der Waals surface area (Å²) in [7, 11) is 1.61. The van der Waals surface area contributed by atoms with E-state index in [0.717, 1.165) is 33.2 Å². The number of rotatable bonds is 8. The number of amides is 1. The van der Waals surface area contributed by atoms with Gasteiger partial charge < -0.3 is 19.2 Å². The van der Waals surface area contributed by atoms with Crippen molar-refractivity contribution >= 4 is 16.9 Å². The normalized spacial score (nSPS) is 11.9. The summed E-state index contributed by atoms with van der Waals surface area (Å²) in [5.41, 5.74) is 5.96. The van der Waals surface area contributed by atoms with Gasteiger partial charge in [0.05, 0.1) is 25.8 Å². The standard InChI is InChI=1S/C27H28N2O4/c1-17-5-7-23-22(16-33-27(23)18(17)2)14-26(30)29-19(3)21-6-8-24(25(13-21)31-4)32-15-20-9-11-28-12-10-20/h5-13,16,19H,14-15H2,1-4H3,(H,29,30). The smallest absolute Gasteiger partial charge is 0.225 e. The molecule has 0 saturated heterocycles. The molecule has 1 atom stereocenters. The summed E-state index contributed by atoms with van der Waals surface area (Å²) in [5, 5.41) is 4.05. The van der Waals surface area contributed by atoms with Crippen molar-refractivity contribution in [3.8, 4) is 11.5 Å². The summed E-state index contributed by atoms with van der Waals surface area (Å²) in [5.74, 6) is 1.20. The summed E-state index contributed by atoms with van der Waals surface area (Å²) >= 11 is 0. The van der Waals surface area contributed by atoms with E-state index in [4.69, 9.17) is 13.9 Å². The first kappa shape index (κ1) is 22.4. The van der Waals surface area contributed by atoms with Crippen molar-refractivity contribution in [2.75, 3.05) is 7.11 Å². The van der Waals surface area contributed by atoms with E-state index >= 15 is 0 Å². The van der Waals surface area contributed by atoms with Crippen LogP contribution < -0.4 is 14.8 Å². The van der Waals surface area contributed by atoms with Crippen LogP contribution in [0.1, 0.15) is 40.8 Å². The molecule has 0 aliphatic heterocycles. The third kappa shape index (κ3) is 5.00. The summed E-state index contributed by atoms with van der Waals surface area (Å²) in [6.45, 7) is 6.45. The predicted octanol–water partition coefficient (Wildman–Crippen LogP) is 5.45. The number of fused-ring (bicyclic) bond motifs is 1. The zero-order valence-corrected chi connectivity index (χ0v) is 19.3. The molecule has 2 aromatic heterocycles. The average molecular weight is 445 g/mol. The Labute approximate surface area is 193 Å². The Morgan fingerprint density at radius 2 is 1.88 bits per heavy atom. The van der Waals surface area contributed by atoms with Crippen molar-refractivity contribution in [2.24, 2.45) is 0 Å². The van der Waals surface area contributed by atoms with Crippen LogP contribution in [0.4, 0.5) is 0 Å². The van der Waals surface area contributed by atoms with E-state index in [-0.39, 0.29) is 18.4 Å². The number of hydrogen-bond acceptors (Lipinski definition) is 5. The lowest BCUT2D eigenvalue weighted by atomic mass is 10.0. The van der Waals surface area contributed by atoms with Crippen molar-refractivity contribution in [2.45, 2.75) is 39.8 Å². The van der Waals surface area contributed by atoms with Crippen molar-refractivity contribution in [3.05, 3.63) is 88.9 Å². The molecule has 2 heterocycles. The Hall–Kier alpha value is -3.80. The number of aromatic nitrogens is 1. The maximum absolute atomic E-state index is 12.8. The van der Waals surface area contributed by atoms with Crippen molar-refractivity contribution in [1.82, 2.24) is 10.3 Å². The molecule has 0 radical (unpaired) electrons. The fraction of sp³-hybridized carbons (Fsp3) is 0.259. The van der Waals surface area contributed by atoms with Crippen molar-refractivity contribution in [1.29, 1.82) is 0 Å². The lowest BCUT2D eigenvalue weighted by molar-refractivity contribution is -0.121. The van der Waals surface area contributed by atoms with Crippen LogP contribution in [0.5, 0.6) is 11.5 Å². The molecule has 170 valence electrons. The van der Waals surface area contributed by atoms with Crippen molar-refractivity contribution < 1.29 is 18.7 Å². The van der Waals surface area contributed by atoms with Crippen LogP contribution in [-0.2, 0) is 17.8 Å². The fourth-order valence-corrected chi connectivity index (χ4v) is 3.79. The molecule has 0 saturated carbocycles. The largest absolute Gasteiger partial charge is 0.493 e. The van der Waals surface area contributed by atoms with Gasteiger partial charge in [-0.25, -0.2) is 0 Å². The summed E-state index contributed by atoms with van der Waals surface area (Å²) in [6, 6.07) is 13.4. The molecule has 1 unspecified atom stereocenters. The Bertz CT molecular complexity index is 1260. The van der Waals surface area contributed by atoms with E-state index < -0.39 is 0 Å². The molecule has 1 amide bonds. The van der Waals surface area contributed by atoms with Gasteiger partial charge in [0.15, 0.2) is 11.5 Å². The van der Waals surface area contributed by atoms with E-state index in [1.165, 1.54) is 5.56 Å². The Morgan fingerprint density at radius 1 is 1.09 bits per heavy atom. The molecule has 2 aromatic carbocycles. The van der Waals surface area contributed by atoms with Crippen LogP contribution in [0, 0.1) is 13.8 Å². The van der Waals surface area contributed by atoms with E-state index in [2.05, 4.69) is 23.3 Å². The van der Waals surface area contributed by atoms with Gasteiger partial charge in [0.2, 0.25) is 5.91 Å². The molecule has 0 aliphatic rings. The number of nitrogens with zero attached hydrogens (tertiary/aromatic N) is 1. The molecule has 0 spiro atoms. The first-order chi connectivity index (χ1) is 16.0. The predicted molar refractivity (Wildman–Crippen MR) is 128 cm³/mol. The first-order valence-corrected chi connectivity index (χ1v) is 10.9. The van der Waals surface area contributed by atoms with Crippen LogP contribution >= 0.6 is 0 Å². The number of ether oxygens (including phenoxy) is 2. The van der Waals surface area contributed by atoms with Gasteiger partial charge in [0.25, 0.3) is 0 Å². The van der Waals surface area contributed by atoms with Gasteiger partial charge in [0, 0.05) is 23.3 Å². The van der Waals surface area contributed by atoms with Gasteiger partial charge in [-0.15, -0.1) is 0 Å². The number of furan rings is 1. The lowest BCUT2D eigenvalue weighted by Gasteiger charge is -2.17. The number of hydrogen-bond donors (Lipinski definition) is 1. The Balaban J connectivity index is 1.42. The van der Waals surface area contributed by atoms with Crippen LogP contribution in [0.2, 0.25) is 0 Å². The highest BCUT2D eigenvalue weighted by Crippen LogP contribution is 2.31. The second kappa shape index (κ2) is 9.77. The van der Waals surface area contributed by atoms with Crippen LogP contribution in [-0.4, -0.2) is 18.0 Å². The minimum atomic E-state index is -0.192. The lowest BCUT2D eigenvalue weighted by Crippen LogP contribution is -2.28. The van der Waals surface area contributed by atoms with E-state index in [1.54, 1.807) is 25.8 Å². The van der Waals surface area contributed by atoms with E-state index in [1.807, 2.05) is 50.2 Å². The molecule has 33 heavy (non-hydrogen) atoms. The molecule has 0 bridgehead atoms. The van der Waals surface area contributed by atoms with Crippen molar-refractivity contribution in [3.63, 3.8) is 0 Å². The molecule has 0 aliphatic carbocycles. The SMILES string of the molecule is COc1cc(C(C)NC(=O)Cc2coc3c(C)c(C)ccc23)ccc1OCc1ccncc1. The molecular weight excluding hydrogens is 416 g/mol. The first-order valence-electron chi connectivity index (χ1n) is 10.9. The maximum Gasteiger partial charge on any atom is 0.225 e. The number of nitrogens with one attached hydrogen (secondary N) is 1. The zero-order chi connectivity index (χ0) is 23.4. The minimum Gasteiger partial charge on any atom is -0.493 e. The van der Waals surface area contributed by atoms with Gasteiger partial charge in [-0.3, -0.25) is 9.78 Å². The molecule has 1 N–H and O–H groups in total. The van der Waals surface area contributed by atoms with Crippen LogP contribution in [0.15, 0.2) is 65.5 Å². The number of pyridine rings is 1. The summed E-state index contributed by atoms with van der Waals surface area (Å²) in [6.07, 6.45) is 5.40. The second-order valence-electron chi connectivity index (χ2n) is 8.17. The highest BCUT2D eigenvalue weighted by molar-refractivity contribution is 5.89. The quantitative estimate of drug-likeness (QED) is 0.391. The minimum absolute atomic E-state index is 0.0691. The van der Waals surface area contributed by atoms with Gasteiger partial charge in [0.1, 0.15) is 12.2 Å². The summed E-state index contributed by atoms with van der Waals surface area (Å²) < 4.78 is 17.2. The molecule has 4 rings (SSSR count). The summed E-state index contributed by atoms with van der Waals surface area (Å²) in [4.78, 5) is 16.8. The maximum atomic E-state index is 12.8. The molecule has 6 nitrogen and oxygen atoms in total. The van der Waals surface area contributed by atoms with Gasteiger partial charge in [-0.05, 0) is 67.3 Å². The van der Waals surface area contributed by atoms with Crippen LogP contribution in [0.25, 0.3) is 11.0 Å². The number of aryl methyl sites for hydroxylation is 2. The number of carbonyl (C=O) groups excluding carboxylic acids is 1. The van der Waals surface area contributed by atoms with Gasteiger partial charge >= 0.3 is 0 Å². The highest BCUT2D eigenvalue weighted by Gasteiger charge is 2.16. The Kier molecular flexibility index (Phi) is 6.63. The monoisotopic (exact) mass is 444 g/mol. The average Bonchev–Trinajstić information content (AvgIpc) is 3.23. The fourth-order valence-electron chi connectivity index (χ4n) is 3.79. The molecule has 4 aromatic rings. The van der Waals surface area contributed by atoms with E-state index in [0.29, 0.717) is 18.1 Å². The number of methoxy groups -OCH3 is 1. The molecular formula is C27H28N2O4. The molecule has 6 heteroatoms. The van der Waals surface area contributed by atoms with E-state index in [9.17, 15) is 4.79 Å². The number of benzene rings is 2. The third-order valence-electron chi connectivity index (χ3n) is 5.90. The third-order valence-corrected chi connectivity index (χ3v) is 5.90. The number of carbonyl (C=O) groups is 1. The Morgan fingerprint density at radius 3 is 2.64 bits per heavy atom. The van der Waals surface area contributed by atoms with Gasteiger partial charge in [-0.2, -0.15) is 0 Å². The topological polar surface area (TPSA) is 73.6 Å². The highest BCUT2D eigenvalue weighted by atomic mass is 16.5. The molecule has 0 fully saturated rings. The van der Waals surface area contributed by atoms with Gasteiger partial charge in [-0.1, -0.05) is 18.2 Å². The zero-order valence-electron chi connectivity index (χ0n) is 19.3.